The number of hydrogen-bond acceptors (Lipinski definition) is 6. The van der Waals surface area contributed by atoms with Gasteiger partial charge in [0.2, 0.25) is 5.95 Å². The van der Waals surface area contributed by atoms with E-state index < -0.39 is 0 Å². The van der Waals surface area contributed by atoms with E-state index in [-0.39, 0.29) is 0 Å². The lowest BCUT2D eigenvalue weighted by atomic mass is 10.1. The molecule has 0 amide bonds. The zero-order valence-corrected chi connectivity index (χ0v) is 14.3. The fraction of sp³-hybridized carbons (Fsp3) is 0.588. The van der Waals surface area contributed by atoms with Gasteiger partial charge in [0, 0.05) is 24.8 Å². The minimum atomic E-state index is 0.408. The minimum absolute atomic E-state index is 0.408. The maximum Gasteiger partial charge on any atom is 0.226 e. The molecule has 0 unspecified atom stereocenters. The number of nitrogens with zero attached hydrogens (tertiary/aromatic N) is 4. The molecule has 6 heteroatoms. The first kappa shape index (κ1) is 15.9. The highest BCUT2D eigenvalue weighted by molar-refractivity contribution is 5.89. The summed E-state index contributed by atoms with van der Waals surface area (Å²) in [6.45, 7) is 9.67. The van der Waals surface area contributed by atoms with Crippen molar-refractivity contribution in [1.82, 2.24) is 19.9 Å². The van der Waals surface area contributed by atoms with Gasteiger partial charge in [0.05, 0.1) is 5.39 Å². The quantitative estimate of drug-likeness (QED) is 0.902. The Hall–Kier alpha value is -1.95. The molecule has 2 aromatic rings. The van der Waals surface area contributed by atoms with Crippen molar-refractivity contribution in [3.63, 3.8) is 0 Å². The highest BCUT2D eigenvalue weighted by atomic mass is 15.2. The Morgan fingerprint density at radius 1 is 1.22 bits per heavy atom. The highest BCUT2D eigenvalue weighted by Gasteiger charge is 2.20. The molecular formula is C17H26N6. The maximum atomic E-state index is 6.14. The fourth-order valence-corrected chi connectivity index (χ4v) is 3.37. The lowest BCUT2D eigenvalue weighted by Gasteiger charge is -2.32. The van der Waals surface area contributed by atoms with E-state index in [1.807, 2.05) is 19.9 Å². The van der Waals surface area contributed by atoms with Crippen LogP contribution in [0.3, 0.4) is 0 Å². The molecular weight excluding hydrogens is 288 g/mol. The van der Waals surface area contributed by atoms with Crippen molar-refractivity contribution < 1.29 is 0 Å². The molecule has 2 aromatic heterocycles. The SMILES string of the molecule is CCCN1CCC(Nc2nc(N)c3c(C)cc(C)nc3n2)CC1. The van der Waals surface area contributed by atoms with Crippen LogP contribution in [0.2, 0.25) is 0 Å². The number of aryl methyl sites for hydroxylation is 2. The van der Waals surface area contributed by atoms with Crippen LogP contribution in [0.4, 0.5) is 11.8 Å². The lowest BCUT2D eigenvalue weighted by Crippen LogP contribution is -2.39. The summed E-state index contributed by atoms with van der Waals surface area (Å²) in [5.41, 5.74) is 8.84. The van der Waals surface area contributed by atoms with Crippen LogP contribution in [0.25, 0.3) is 11.0 Å². The summed E-state index contributed by atoms with van der Waals surface area (Å²) in [5, 5.41) is 4.31. The number of pyridine rings is 1. The first-order valence-corrected chi connectivity index (χ1v) is 8.47. The number of rotatable bonds is 4. The Morgan fingerprint density at radius 2 is 1.96 bits per heavy atom. The number of anilines is 2. The van der Waals surface area contributed by atoms with Crippen LogP contribution in [0.1, 0.15) is 37.4 Å². The summed E-state index contributed by atoms with van der Waals surface area (Å²) in [6, 6.07) is 2.42. The zero-order chi connectivity index (χ0) is 16.4. The van der Waals surface area contributed by atoms with Crippen LogP contribution < -0.4 is 11.1 Å². The minimum Gasteiger partial charge on any atom is -0.383 e. The Kier molecular flexibility index (Phi) is 4.61. The molecule has 1 fully saturated rings. The molecule has 3 N–H and O–H groups in total. The smallest absolute Gasteiger partial charge is 0.226 e. The van der Waals surface area contributed by atoms with Gasteiger partial charge in [-0.2, -0.15) is 9.97 Å². The van der Waals surface area contributed by atoms with E-state index in [0.717, 1.165) is 42.6 Å². The van der Waals surface area contributed by atoms with Crippen molar-refractivity contribution >= 4 is 22.8 Å². The molecule has 0 atom stereocenters. The lowest BCUT2D eigenvalue weighted by molar-refractivity contribution is 0.219. The van der Waals surface area contributed by atoms with Crippen LogP contribution in [0, 0.1) is 13.8 Å². The third-order valence-corrected chi connectivity index (χ3v) is 4.48. The second-order valence-electron chi connectivity index (χ2n) is 6.47. The average molecular weight is 314 g/mol. The van der Waals surface area contributed by atoms with Gasteiger partial charge >= 0.3 is 0 Å². The third kappa shape index (κ3) is 3.52. The first-order chi connectivity index (χ1) is 11.1. The van der Waals surface area contributed by atoms with Crippen molar-refractivity contribution in [2.75, 3.05) is 30.7 Å². The highest BCUT2D eigenvalue weighted by Crippen LogP contribution is 2.23. The molecule has 0 spiro atoms. The molecule has 0 aromatic carbocycles. The number of likely N-dealkylation sites (tertiary alicyclic amines) is 1. The summed E-state index contributed by atoms with van der Waals surface area (Å²) in [5.74, 6) is 1.10. The summed E-state index contributed by atoms with van der Waals surface area (Å²) in [7, 11) is 0. The van der Waals surface area contributed by atoms with E-state index in [0.29, 0.717) is 23.5 Å². The normalized spacial score (nSPS) is 16.8. The molecule has 3 rings (SSSR count). The van der Waals surface area contributed by atoms with Gasteiger partial charge in [0.1, 0.15) is 5.82 Å². The van der Waals surface area contributed by atoms with Gasteiger partial charge in [0.15, 0.2) is 5.65 Å². The second-order valence-corrected chi connectivity index (χ2v) is 6.47. The van der Waals surface area contributed by atoms with Crippen molar-refractivity contribution in [1.29, 1.82) is 0 Å². The Labute approximate surface area is 137 Å². The van der Waals surface area contributed by atoms with E-state index in [1.54, 1.807) is 0 Å². The zero-order valence-electron chi connectivity index (χ0n) is 14.3. The monoisotopic (exact) mass is 314 g/mol. The van der Waals surface area contributed by atoms with E-state index in [9.17, 15) is 0 Å². The van der Waals surface area contributed by atoms with Gasteiger partial charge in [-0.05, 0) is 51.3 Å². The predicted molar refractivity (Wildman–Crippen MR) is 94.6 cm³/mol. The van der Waals surface area contributed by atoms with E-state index in [2.05, 4.69) is 32.1 Å². The predicted octanol–water partition coefficient (Wildman–Crippen LogP) is 2.51. The molecule has 6 nitrogen and oxygen atoms in total. The number of aromatic nitrogens is 3. The van der Waals surface area contributed by atoms with Gasteiger partial charge in [-0.15, -0.1) is 0 Å². The summed E-state index contributed by atoms with van der Waals surface area (Å²) in [4.78, 5) is 16.0. The van der Waals surface area contributed by atoms with Crippen LogP contribution in [0.5, 0.6) is 0 Å². The van der Waals surface area contributed by atoms with Gasteiger partial charge < -0.3 is 16.0 Å². The van der Waals surface area contributed by atoms with Crippen LogP contribution in [0.15, 0.2) is 6.07 Å². The van der Waals surface area contributed by atoms with Crippen LogP contribution >= 0.6 is 0 Å². The molecule has 23 heavy (non-hydrogen) atoms. The summed E-state index contributed by atoms with van der Waals surface area (Å²) < 4.78 is 0. The third-order valence-electron chi connectivity index (χ3n) is 4.48. The van der Waals surface area contributed by atoms with Crippen LogP contribution in [-0.4, -0.2) is 45.5 Å². The van der Waals surface area contributed by atoms with E-state index in [1.165, 1.54) is 13.0 Å². The number of nitrogens with one attached hydrogen (secondary N) is 1. The Balaban J connectivity index is 1.76. The molecule has 1 aliphatic heterocycles. The molecule has 3 heterocycles. The number of hydrogen-bond donors (Lipinski definition) is 2. The summed E-state index contributed by atoms with van der Waals surface area (Å²) in [6.07, 6.45) is 3.44. The maximum absolute atomic E-state index is 6.14. The first-order valence-electron chi connectivity index (χ1n) is 8.47. The molecule has 0 saturated carbocycles. The fourth-order valence-electron chi connectivity index (χ4n) is 3.37. The Bertz CT molecular complexity index is 691. The standard InChI is InChI=1S/C17H26N6/c1-4-7-23-8-5-13(6-9-23)20-17-21-15(18)14-11(2)10-12(3)19-16(14)22-17/h10,13H,4-9H2,1-3H3,(H3,18,19,20,21,22). The molecule has 0 radical (unpaired) electrons. The van der Waals surface area contributed by atoms with Gasteiger partial charge in [-0.25, -0.2) is 4.98 Å². The summed E-state index contributed by atoms with van der Waals surface area (Å²) >= 11 is 0. The van der Waals surface area contributed by atoms with E-state index in [4.69, 9.17) is 5.73 Å². The van der Waals surface area contributed by atoms with Gasteiger partial charge in [-0.1, -0.05) is 6.92 Å². The molecule has 1 aliphatic rings. The van der Waals surface area contributed by atoms with Crippen LogP contribution in [-0.2, 0) is 0 Å². The van der Waals surface area contributed by atoms with Gasteiger partial charge in [0.25, 0.3) is 0 Å². The molecule has 124 valence electrons. The number of piperidine rings is 1. The van der Waals surface area contributed by atoms with Crippen molar-refractivity contribution in [3.05, 3.63) is 17.3 Å². The second kappa shape index (κ2) is 6.66. The van der Waals surface area contributed by atoms with Gasteiger partial charge in [-0.3, -0.25) is 0 Å². The largest absolute Gasteiger partial charge is 0.383 e. The molecule has 1 saturated heterocycles. The topological polar surface area (TPSA) is 80.0 Å². The number of fused-ring (bicyclic) bond motifs is 1. The Morgan fingerprint density at radius 3 is 2.65 bits per heavy atom. The van der Waals surface area contributed by atoms with Crippen molar-refractivity contribution in [2.45, 2.75) is 46.1 Å². The van der Waals surface area contributed by atoms with Crippen molar-refractivity contribution in [3.8, 4) is 0 Å². The number of nitrogens with two attached hydrogens (primary N) is 1. The average Bonchev–Trinajstić information content (AvgIpc) is 2.48. The molecule has 0 bridgehead atoms. The molecule has 0 aliphatic carbocycles. The van der Waals surface area contributed by atoms with Crippen molar-refractivity contribution in [2.24, 2.45) is 0 Å². The van der Waals surface area contributed by atoms with E-state index >= 15 is 0 Å². The number of nitrogen functional groups attached to an aromatic ring is 1.